The van der Waals surface area contributed by atoms with E-state index in [0.29, 0.717) is 23.2 Å². The van der Waals surface area contributed by atoms with Gasteiger partial charge in [0.05, 0.1) is 6.61 Å². The third-order valence-corrected chi connectivity index (χ3v) is 11.2. The summed E-state index contributed by atoms with van der Waals surface area (Å²) in [4.78, 5) is 0. The molecule has 0 aromatic heterocycles. The normalized spacial score (nSPS) is 12.4. The molecule has 0 aliphatic heterocycles. The zero-order chi connectivity index (χ0) is 18.9. The van der Waals surface area contributed by atoms with Gasteiger partial charge in [0.2, 0.25) is 0 Å². The van der Waals surface area contributed by atoms with E-state index in [1.807, 2.05) is 6.07 Å². The first-order chi connectivity index (χ1) is 11.8. The molecule has 0 fully saturated rings. The summed E-state index contributed by atoms with van der Waals surface area (Å²) >= 11 is 0. The average Bonchev–Trinajstić information content (AvgIpc) is 2.55. The van der Waals surface area contributed by atoms with Gasteiger partial charge >= 0.3 is 0 Å². The van der Waals surface area contributed by atoms with Crippen molar-refractivity contribution in [2.75, 3.05) is 26.9 Å². The zero-order valence-electron chi connectivity index (χ0n) is 17.3. The molecule has 0 saturated carbocycles. The molecule has 0 bridgehead atoms. The summed E-state index contributed by atoms with van der Waals surface area (Å²) in [5.74, 6) is 0.939. The minimum atomic E-state index is -1.77. The largest absolute Gasteiger partial charge is 0.493 e. The van der Waals surface area contributed by atoms with Crippen molar-refractivity contribution in [3.63, 3.8) is 0 Å². The van der Waals surface area contributed by atoms with E-state index in [4.69, 9.17) is 13.9 Å². The number of benzene rings is 1. The van der Waals surface area contributed by atoms with E-state index in [1.165, 1.54) is 5.56 Å². The van der Waals surface area contributed by atoms with Crippen LogP contribution in [0.4, 0.5) is 0 Å². The van der Waals surface area contributed by atoms with Crippen LogP contribution in [-0.4, -0.2) is 35.2 Å². The minimum Gasteiger partial charge on any atom is -0.493 e. The second-order valence-electron chi connectivity index (χ2n) is 7.76. The van der Waals surface area contributed by atoms with Crippen molar-refractivity contribution in [3.8, 4) is 5.75 Å². The molecule has 0 aliphatic rings. The van der Waals surface area contributed by atoms with Gasteiger partial charge in [-0.05, 0) is 40.7 Å². The minimum absolute atomic E-state index is 0.628. The van der Waals surface area contributed by atoms with Gasteiger partial charge in [-0.2, -0.15) is 0 Å². The molecule has 1 aromatic carbocycles. The fourth-order valence-electron chi connectivity index (χ4n) is 4.03. The molecule has 0 spiro atoms. The van der Waals surface area contributed by atoms with Crippen molar-refractivity contribution >= 4 is 8.32 Å². The maximum absolute atomic E-state index is 6.65. The summed E-state index contributed by atoms with van der Waals surface area (Å²) in [7, 11) is -0.0526. The lowest BCUT2D eigenvalue weighted by atomic mass is 10.1. The van der Waals surface area contributed by atoms with E-state index in [1.54, 1.807) is 7.11 Å². The SMILES string of the molecule is COCCCOc1cccc(CCO[Si](C(C)C)(C(C)C)C(C)C)c1. The highest BCUT2D eigenvalue weighted by molar-refractivity contribution is 6.77. The second kappa shape index (κ2) is 11.0. The van der Waals surface area contributed by atoms with Crippen molar-refractivity contribution in [2.24, 2.45) is 0 Å². The molecule has 0 amide bonds. The monoisotopic (exact) mass is 366 g/mol. The fourth-order valence-corrected chi connectivity index (χ4v) is 9.49. The topological polar surface area (TPSA) is 27.7 Å². The lowest BCUT2D eigenvalue weighted by Crippen LogP contribution is -2.48. The van der Waals surface area contributed by atoms with Crippen molar-refractivity contribution in [2.45, 2.75) is 71.0 Å². The summed E-state index contributed by atoms with van der Waals surface area (Å²) in [5, 5.41) is 0. The van der Waals surface area contributed by atoms with Gasteiger partial charge in [0.25, 0.3) is 0 Å². The molecule has 25 heavy (non-hydrogen) atoms. The zero-order valence-corrected chi connectivity index (χ0v) is 18.3. The summed E-state index contributed by atoms with van der Waals surface area (Å²) in [6, 6.07) is 8.39. The lowest BCUT2D eigenvalue weighted by molar-refractivity contribution is 0.172. The van der Waals surface area contributed by atoms with Crippen LogP contribution >= 0.6 is 0 Å². The quantitative estimate of drug-likeness (QED) is 0.344. The standard InChI is InChI=1S/C21H38O3Si/c1-17(2)25(18(3)4,19(5)6)24-15-12-20-10-8-11-21(16-20)23-14-9-13-22-7/h8,10-11,16-19H,9,12-15H2,1-7H3. The second-order valence-corrected chi connectivity index (χ2v) is 13.2. The van der Waals surface area contributed by atoms with Crippen LogP contribution < -0.4 is 4.74 Å². The van der Waals surface area contributed by atoms with E-state index in [0.717, 1.165) is 31.8 Å². The smallest absolute Gasteiger partial charge is 0.200 e. The predicted molar refractivity (Wildman–Crippen MR) is 109 cm³/mol. The molecule has 0 aliphatic carbocycles. The molecule has 0 atom stereocenters. The molecular weight excluding hydrogens is 328 g/mol. The maximum atomic E-state index is 6.65. The highest BCUT2D eigenvalue weighted by Crippen LogP contribution is 2.42. The third-order valence-electron chi connectivity index (χ3n) is 5.11. The predicted octanol–water partition coefficient (Wildman–Crippen LogP) is 5.84. The van der Waals surface area contributed by atoms with Gasteiger partial charge < -0.3 is 13.9 Å². The molecule has 0 unspecified atom stereocenters. The highest BCUT2D eigenvalue weighted by Gasteiger charge is 2.44. The summed E-state index contributed by atoms with van der Waals surface area (Å²) in [5.41, 5.74) is 3.16. The van der Waals surface area contributed by atoms with E-state index >= 15 is 0 Å². The Labute approximate surface area is 156 Å². The Morgan fingerprint density at radius 3 is 2.08 bits per heavy atom. The number of hydrogen-bond acceptors (Lipinski definition) is 3. The van der Waals surface area contributed by atoms with Crippen molar-refractivity contribution in [1.82, 2.24) is 0 Å². The maximum Gasteiger partial charge on any atom is 0.200 e. The van der Waals surface area contributed by atoms with Crippen LogP contribution in [-0.2, 0) is 15.6 Å². The van der Waals surface area contributed by atoms with Crippen molar-refractivity contribution in [3.05, 3.63) is 29.8 Å². The number of rotatable bonds is 12. The fraction of sp³-hybridized carbons (Fsp3) is 0.714. The molecular formula is C21H38O3Si. The molecule has 4 heteroatoms. The molecule has 0 radical (unpaired) electrons. The van der Waals surface area contributed by atoms with Gasteiger partial charge in [0.15, 0.2) is 8.32 Å². The molecule has 0 saturated heterocycles. The first-order valence-electron chi connectivity index (χ1n) is 9.69. The van der Waals surface area contributed by atoms with Gasteiger partial charge in [0, 0.05) is 26.7 Å². The Morgan fingerprint density at radius 1 is 0.880 bits per heavy atom. The molecule has 0 N–H and O–H groups in total. The Bertz CT molecular complexity index is 464. The third kappa shape index (κ3) is 6.43. The van der Waals surface area contributed by atoms with Gasteiger partial charge in [-0.3, -0.25) is 0 Å². The van der Waals surface area contributed by atoms with Crippen LogP contribution in [0.25, 0.3) is 0 Å². The lowest BCUT2D eigenvalue weighted by Gasteiger charge is -2.42. The first kappa shape index (κ1) is 22.2. The van der Waals surface area contributed by atoms with Crippen LogP contribution in [0.2, 0.25) is 16.6 Å². The number of ether oxygens (including phenoxy) is 2. The number of hydrogen-bond donors (Lipinski definition) is 0. The van der Waals surface area contributed by atoms with Crippen LogP contribution in [0.5, 0.6) is 5.75 Å². The van der Waals surface area contributed by atoms with Crippen LogP contribution in [0.15, 0.2) is 24.3 Å². The Morgan fingerprint density at radius 2 is 1.52 bits per heavy atom. The van der Waals surface area contributed by atoms with Crippen LogP contribution in [0.3, 0.4) is 0 Å². The summed E-state index contributed by atoms with van der Waals surface area (Å²) in [6.45, 7) is 16.2. The first-order valence-corrected chi connectivity index (χ1v) is 11.8. The van der Waals surface area contributed by atoms with Gasteiger partial charge in [0.1, 0.15) is 5.75 Å². The Balaban J connectivity index is 2.62. The molecule has 1 rings (SSSR count). The van der Waals surface area contributed by atoms with Gasteiger partial charge in [-0.25, -0.2) is 0 Å². The molecule has 3 nitrogen and oxygen atoms in total. The highest BCUT2D eigenvalue weighted by atomic mass is 28.4. The van der Waals surface area contributed by atoms with Crippen LogP contribution in [0.1, 0.15) is 53.5 Å². The summed E-state index contributed by atoms with van der Waals surface area (Å²) < 4.78 is 17.5. The van der Waals surface area contributed by atoms with Gasteiger partial charge in [-0.15, -0.1) is 0 Å². The Hall–Kier alpha value is -0.843. The van der Waals surface area contributed by atoms with E-state index in [-0.39, 0.29) is 0 Å². The van der Waals surface area contributed by atoms with E-state index in [9.17, 15) is 0 Å². The van der Waals surface area contributed by atoms with E-state index < -0.39 is 8.32 Å². The number of methoxy groups -OCH3 is 1. The summed E-state index contributed by atoms with van der Waals surface area (Å²) in [6.07, 6.45) is 1.85. The average molecular weight is 367 g/mol. The van der Waals surface area contributed by atoms with Crippen molar-refractivity contribution < 1.29 is 13.9 Å². The molecule has 144 valence electrons. The van der Waals surface area contributed by atoms with Crippen LogP contribution in [0, 0.1) is 0 Å². The molecule has 0 heterocycles. The van der Waals surface area contributed by atoms with E-state index in [2.05, 4.69) is 59.7 Å². The molecule has 1 aromatic rings. The van der Waals surface area contributed by atoms with Gasteiger partial charge in [-0.1, -0.05) is 53.7 Å². The van der Waals surface area contributed by atoms with Crippen molar-refractivity contribution in [1.29, 1.82) is 0 Å². The Kier molecular flexibility index (Phi) is 9.76.